The third kappa shape index (κ3) is 6.48. The van der Waals surface area contributed by atoms with E-state index in [0.29, 0.717) is 47.6 Å². The van der Waals surface area contributed by atoms with Gasteiger partial charge in [0.15, 0.2) is 5.82 Å². The fourth-order valence-corrected chi connectivity index (χ4v) is 3.85. The number of amides is 1. The first-order valence-electron chi connectivity index (χ1n) is 12.4. The molecule has 0 unspecified atom stereocenters. The van der Waals surface area contributed by atoms with Crippen molar-refractivity contribution in [2.75, 3.05) is 45.3 Å². The van der Waals surface area contributed by atoms with Crippen LogP contribution in [0.4, 0.5) is 10.3 Å². The number of imidazole rings is 1. The van der Waals surface area contributed by atoms with Crippen molar-refractivity contribution in [3.63, 3.8) is 0 Å². The van der Waals surface area contributed by atoms with E-state index in [1.807, 2.05) is 0 Å². The number of H-pyrrole nitrogens is 1. The molecule has 0 radical (unpaired) electrons. The zero-order valence-electron chi connectivity index (χ0n) is 21.3. The Morgan fingerprint density at radius 2 is 1.95 bits per heavy atom. The molecule has 37 heavy (non-hydrogen) atoms. The third-order valence-corrected chi connectivity index (χ3v) is 5.97. The Hall–Kier alpha value is -3.41. The molecule has 198 valence electrons. The lowest BCUT2D eigenvalue weighted by Gasteiger charge is -2.35. The van der Waals surface area contributed by atoms with Crippen LogP contribution in [0.25, 0.3) is 22.6 Å². The number of aromatic nitrogens is 4. The Bertz CT molecular complexity index is 1180. The Morgan fingerprint density at radius 1 is 1.19 bits per heavy atom. The van der Waals surface area contributed by atoms with Crippen molar-refractivity contribution in [1.29, 1.82) is 0 Å². The molecular weight excluding hydrogens is 479 g/mol. The van der Waals surface area contributed by atoms with Gasteiger partial charge in [-0.05, 0) is 50.1 Å². The standard InChI is InChI=1S/C26H33FN6O4/c1-4-11-29-25-30-13-10-19(31-25)21-20(17-6-8-18(27)9-7-17)32-22(33-21)23-36-15-26(2,16-37-23)24(34)28-12-5-14-35-3/h6-10,13,23H,4-5,11-12,14-16H2,1-3H3,(H,28,34)(H,32,33)(H,29,30,31). The highest BCUT2D eigenvalue weighted by molar-refractivity contribution is 5.82. The lowest BCUT2D eigenvalue weighted by molar-refractivity contribution is -0.231. The second kappa shape index (κ2) is 12.2. The van der Waals surface area contributed by atoms with E-state index in [2.05, 4.69) is 32.5 Å². The summed E-state index contributed by atoms with van der Waals surface area (Å²) in [6.07, 6.45) is 2.52. The largest absolute Gasteiger partial charge is 0.385 e. The number of rotatable bonds is 11. The monoisotopic (exact) mass is 512 g/mol. The number of carbonyl (C=O) groups excluding carboxylic acids is 1. The highest BCUT2D eigenvalue weighted by atomic mass is 19.1. The van der Waals surface area contributed by atoms with Crippen LogP contribution < -0.4 is 10.6 Å². The van der Waals surface area contributed by atoms with Crippen LogP contribution in [-0.2, 0) is 19.0 Å². The van der Waals surface area contributed by atoms with Crippen LogP contribution in [0.5, 0.6) is 0 Å². The van der Waals surface area contributed by atoms with Gasteiger partial charge in [0.1, 0.15) is 5.82 Å². The Morgan fingerprint density at radius 3 is 2.65 bits per heavy atom. The fourth-order valence-electron chi connectivity index (χ4n) is 3.85. The molecule has 0 spiro atoms. The molecule has 1 saturated heterocycles. The quantitative estimate of drug-likeness (QED) is 0.333. The number of hydrogen-bond donors (Lipinski definition) is 3. The van der Waals surface area contributed by atoms with Gasteiger partial charge in [0.2, 0.25) is 18.1 Å². The number of nitrogens with zero attached hydrogens (tertiary/aromatic N) is 3. The van der Waals surface area contributed by atoms with E-state index in [4.69, 9.17) is 19.2 Å². The van der Waals surface area contributed by atoms with Gasteiger partial charge >= 0.3 is 0 Å². The number of benzene rings is 1. The molecule has 1 aliphatic heterocycles. The summed E-state index contributed by atoms with van der Waals surface area (Å²) in [4.78, 5) is 29.6. The van der Waals surface area contributed by atoms with Gasteiger partial charge in [-0.15, -0.1) is 0 Å². The molecule has 2 aromatic heterocycles. The minimum atomic E-state index is -0.828. The molecule has 0 saturated carbocycles. The molecule has 1 fully saturated rings. The first kappa shape index (κ1) is 26.6. The molecule has 3 heterocycles. The van der Waals surface area contributed by atoms with Crippen molar-refractivity contribution in [3.05, 3.63) is 48.2 Å². The number of methoxy groups -OCH3 is 1. The molecular formula is C26H33FN6O4. The molecule has 1 aromatic carbocycles. The van der Waals surface area contributed by atoms with Gasteiger partial charge in [-0.2, -0.15) is 0 Å². The van der Waals surface area contributed by atoms with Gasteiger partial charge in [0.25, 0.3) is 0 Å². The van der Waals surface area contributed by atoms with Gasteiger partial charge < -0.3 is 29.8 Å². The third-order valence-electron chi connectivity index (χ3n) is 5.97. The predicted octanol–water partition coefficient (Wildman–Crippen LogP) is 3.70. The number of ether oxygens (including phenoxy) is 3. The van der Waals surface area contributed by atoms with Crippen molar-refractivity contribution in [2.45, 2.75) is 33.0 Å². The molecule has 10 nitrogen and oxygen atoms in total. The summed E-state index contributed by atoms with van der Waals surface area (Å²) in [5, 5.41) is 6.09. The van der Waals surface area contributed by atoms with E-state index in [0.717, 1.165) is 19.4 Å². The lowest BCUT2D eigenvalue weighted by Crippen LogP contribution is -2.48. The van der Waals surface area contributed by atoms with Crippen LogP contribution in [0, 0.1) is 11.2 Å². The minimum absolute atomic E-state index is 0.137. The first-order valence-corrected chi connectivity index (χ1v) is 12.4. The second-order valence-electron chi connectivity index (χ2n) is 9.16. The topological polar surface area (TPSA) is 123 Å². The average Bonchev–Trinajstić information content (AvgIpc) is 3.36. The van der Waals surface area contributed by atoms with Gasteiger partial charge in [0, 0.05) is 38.6 Å². The summed E-state index contributed by atoms with van der Waals surface area (Å²) in [5.41, 5.74) is 1.69. The smallest absolute Gasteiger partial charge is 0.230 e. The summed E-state index contributed by atoms with van der Waals surface area (Å²) in [5.74, 6) is 0.451. The van der Waals surface area contributed by atoms with Gasteiger partial charge in [-0.1, -0.05) is 6.92 Å². The van der Waals surface area contributed by atoms with E-state index in [1.54, 1.807) is 38.4 Å². The number of nitrogens with one attached hydrogen (secondary N) is 3. The molecule has 3 N–H and O–H groups in total. The highest BCUT2D eigenvalue weighted by Gasteiger charge is 2.40. The number of aromatic amines is 1. The van der Waals surface area contributed by atoms with Crippen LogP contribution in [0.1, 0.15) is 38.8 Å². The summed E-state index contributed by atoms with van der Waals surface area (Å²) in [6.45, 7) is 6.02. The van der Waals surface area contributed by atoms with Crippen LogP contribution in [-0.4, -0.2) is 65.9 Å². The van der Waals surface area contributed by atoms with Gasteiger partial charge in [-0.25, -0.2) is 19.3 Å². The molecule has 1 aliphatic rings. The van der Waals surface area contributed by atoms with E-state index in [9.17, 15) is 9.18 Å². The SMILES string of the molecule is CCCNc1nccc(-c2[nH]c(C3OCC(C)(C(=O)NCCCOC)CO3)nc2-c2ccc(F)cc2)n1. The zero-order chi connectivity index (χ0) is 26.3. The maximum absolute atomic E-state index is 13.6. The van der Waals surface area contributed by atoms with E-state index < -0.39 is 11.7 Å². The maximum Gasteiger partial charge on any atom is 0.230 e. The Labute approximate surface area is 215 Å². The van der Waals surface area contributed by atoms with Crippen molar-refractivity contribution in [3.8, 4) is 22.6 Å². The number of hydrogen-bond acceptors (Lipinski definition) is 8. The van der Waals surface area contributed by atoms with Crippen molar-refractivity contribution >= 4 is 11.9 Å². The van der Waals surface area contributed by atoms with E-state index in [-0.39, 0.29) is 24.9 Å². The maximum atomic E-state index is 13.6. The Balaban J connectivity index is 1.56. The van der Waals surface area contributed by atoms with E-state index in [1.165, 1.54) is 12.1 Å². The molecule has 1 amide bonds. The number of carbonyl (C=O) groups is 1. The molecule has 0 atom stereocenters. The van der Waals surface area contributed by atoms with Gasteiger partial charge in [0.05, 0.1) is 35.7 Å². The summed E-state index contributed by atoms with van der Waals surface area (Å²) in [6, 6.07) is 7.85. The minimum Gasteiger partial charge on any atom is -0.385 e. The van der Waals surface area contributed by atoms with Crippen LogP contribution in [0.15, 0.2) is 36.5 Å². The normalized spacial score (nSPS) is 19.5. The van der Waals surface area contributed by atoms with Crippen molar-refractivity contribution in [1.82, 2.24) is 25.3 Å². The molecule has 11 heteroatoms. The average molecular weight is 513 g/mol. The molecule has 0 aliphatic carbocycles. The highest BCUT2D eigenvalue weighted by Crippen LogP contribution is 2.35. The molecule has 4 rings (SSSR count). The summed E-state index contributed by atoms with van der Waals surface area (Å²) < 4.78 is 30.5. The van der Waals surface area contributed by atoms with Gasteiger partial charge in [-0.3, -0.25) is 4.79 Å². The summed E-state index contributed by atoms with van der Waals surface area (Å²) >= 11 is 0. The van der Waals surface area contributed by atoms with Crippen LogP contribution in [0.2, 0.25) is 0 Å². The number of halogens is 1. The second-order valence-corrected chi connectivity index (χ2v) is 9.16. The molecule has 0 bridgehead atoms. The fraction of sp³-hybridized carbons (Fsp3) is 0.462. The Kier molecular flexibility index (Phi) is 8.80. The molecule has 3 aromatic rings. The van der Waals surface area contributed by atoms with Crippen LogP contribution in [0.3, 0.4) is 0 Å². The first-order chi connectivity index (χ1) is 17.9. The van der Waals surface area contributed by atoms with Crippen molar-refractivity contribution < 1.29 is 23.4 Å². The van der Waals surface area contributed by atoms with Crippen molar-refractivity contribution in [2.24, 2.45) is 5.41 Å². The number of anilines is 1. The van der Waals surface area contributed by atoms with Crippen LogP contribution >= 0.6 is 0 Å². The predicted molar refractivity (Wildman–Crippen MR) is 136 cm³/mol. The van der Waals surface area contributed by atoms with E-state index >= 15 is 0 Å². The lowest BCUT2D eigenvalue weighted by atomic mass is 9.91. The zero-order valence-corrected chi connectivity index (χ0v) is 21.3. The summed E-state index contributed by atoms with van der Waals surface area (Å²) in [7, 11) is 1.63.